The fourth-order valence-electron chi connectivity index (χ4n) is 3.26. The number of halogens is 2. The number of rotatable bonds is 4. The number of piperazine rings is 1. The van der Waals surface area contributed by atoms with Crippen molar-refractivity contribution in [1.29, 1.82) is 0 Å². The Labute approximate surface area is 178 Å². The number of sulfonamides is 1. The predicted molar refractivity (Wildman–Crippen MR) is 110 cm³/mol. The van der Waals surface area contributed by atoms with Crippen LogP contribution in [-0.4, -0.2) is 59.5 Å². The van der Waals surface area contributed by atoms with Crippen molar-refractivity contribution in [3.63, 3.8) is 0 Å². The lowest BCUT2D eigenvalue weighted by Gasteiger charge is -2.33. The molecule has 7 nitrogen and oxygen atoms in total. The first-order valence-corrected chi connectivity index (χ1v) is 11.0. The number of carbonyl (C=O) groups excluding carboxylic acids is 1. The molecule has 10 heteroatoms. The molecule has 0 atom stereocenters. The number of para-hydroxylation sites is 1. The third-order valence-corrected chi connectivity index (χ3v) is 7.05. The van der Waals surface area contributed by atoms with E-state index in [1.54, 1.807) is 23.1 Å². The van der Waals surface area contributed by atoms with E-state index >= 15 is 0 Å². The third-order valence-electron chi connectivity index (χ3n) is 4.88. The summed E-state index contributed by atoms with van der Waals surface area (Å²) >= 11 is 5.83. The monoisotopic (exact) mass is 448 g/mol. The van der Waals surface area contributed by atoms with Crippen molar-refractivity contribution in [2.45, 2.75) is 4.90 Å². The summed E-state index contributed by atoms with van der Waals surface area (Å²) in [6.07, 6.45) is 1.52. The number of benzene rings is 2. The van der Waals surface area contributed by atoms with Crippen molar-refractivity contribution in [3.8, 4) is 5.69 Å². The van der Waals surface area contributed by atoms with Crippen LogP contribution in [0.5, 0.6) is 0 Å². The quantitative estimate of drug-likeness (QED) is 0.615. The fourth-order valence-corrected chi connectivity index (χ4v) is 4.81. The molecule has 0 N–H and O–H groups in total. The van der Waals surface area contributed by atoms with Crippen molar-refractivity contribution < 1.29 is 17.6 Å². The van der Waals surface area contributed by atoms with Gasteiger partial charge in [-0.3, -0.25) is 4.79 Å². The van der Waals surface area contributed by atoms with E-state index in [0.29, 0.717) is 5.02 Å². The Hall–Kier alpha value is -2.75. The molecule has 1 saturated heterocycles. The molecule has 4 rings (SSSR count). The highest BCUT2D eigenvalue weighted by Gasteiger charge is 2.31. The van der Waals surface area contributed by atoms with Crippen LogP contribution in [0.15, 0.2) is 65.7 Å². The Morgan fingerprint density at radius 3 is 2.30 bits per heavy atom. The summed E-state index contributed by atoms with van der Waals surface area (Å²) in [6, 6.07) is 13.6. The van der Waals surface area contributed by atoms with Crippen molar-refractivity contribution in [2.75, 3.05) is 26.2 Å². The van der Waals surface area contributed by atoms with Gasteiger partial charge in [0, 0.05) is 37.4 Å². The van der Waals surface area contributed by atoms with Gasteiger partial charge in [-0.2, -0.15) is 9.40 Å². The minimum absolute atomic E-state index is 0.162. The topological polar surface area (TPSA) is 75.5 Å². The highest BCUT2D eigenvalue weighted by molar-refractivity contribution is 7.89. The lowest BCUT2D eigenvalue weighted by atomic mass is 10.3. The summed E-state index contributed by atoms with van der Waals surface area (Å²) in [5, 5.41) is 4.64. The first-order chi connectivity index (χ1) is 14.4. The van der Waals surface area contributed by atoms with E-state index in [1.807, 2.05) is 0 Å². The van der Waals surface area contributed by atoms with E-state index in [2.05, 4.69) is 5.10 Å². The molecule has 30 heavy (non-hydrogen) atoms. The Morgan fingerprint density at radius 1 is 0.967 bits per heavy atom. The van der Waals surface area contributed by atoms with E-state index < -0.39 is 15.8 Å². The molecular formula is C20H18ClFN4O3S. The van der Waals surface area contributed by atoms with E-state index in [-0.39, 0.29) is 48.4 Å². The highest BCUT2D eigenvalue weighted by Crippen LogP contribution is 2.20. The second-order valence-electron chi connectivity index (χ2n) is 6.75. The smallest absolute Gasteiger partial charge is 0.274 e. The van der Waals surface area contributed by atoms with Gasteiger partial charge in [-0.15, -0.1) is 0 Å². The predicted octanol–water partition coefficient (Wildman–Crippen LogP) is 2.81. The molecule has 0 radical (unpaired) electrons. The molecular weight excluding hydrogens is 431 g/mol. The maximum atomic E-state index is 13.9. The zero-order chi connectivity index (χ0) is 21.3. The molecule has 1 aromatic heterocycles. The van der Waals surface area contributed by atoms with E-state index in [4.69, 9.17) is 11.6 Å². The SMILES string of the molecule is O=C(c1ccn(-c2ccccc2F)n1)N1CCN(S(=O)(=O)c2ccc(Cl)cc2)CC1. The van der Waals surface area contributed by atoms with Gasteiger partial charge in [-0.25, -0.2) is 17.5 Å². The summed E-state index contributed by atoms with van der Waals surface area (Å²) in [5.74, 6) is -0.769. The molecule has 0 spiro atoms. The molecule has 3 aromatic rings. The second kappa shape index (κ2) is 8.17. The molecule has 1 aliphatic heterocycles. The molecule has 0 saturated carbocycles. The molecule has 1 aliphatic rings. The summed E-state index contributed by atoms with van der Waals surface area (Å²) in [5.41, 5.74) is 0.419. The molecule has 1 fully saturated rings. The van der Waals surface area contributed by atoms with Gasteiger partial charge in [0.15, 0.2) is 5.69 Å². The van der Waals surface area contributed by atoms with Crippen LogP contribution in [0.25, 0.3) is 5.69 Å². The Bertz CT molecular complexity index is 1170. The Balaban J connectivity index is 1.44. The van der Waals surface area contributed by atoms with Gasteiger partial charge in [0.2, 0.25) is 10.0 Å². The first kappa shape index (κ1) is 20.5. The number of hydrogen-bond acceptors (Lipinski definition) is 4. The average Bonchev–Trinajstić information content (AvgIpc) is 3.24. The Kier molecular flexibility index (Phi) is 5.59. The fraction of sp³-hybridized carbons (Fsp3) is 0.200. The summed E-state index contributed by atoms with van der Waals surface area (Å²) in [7, 11) is -3.65. The van der Waals surface area contributed by atoms with Crippen molar-refractivity contribution >= 4 is 27.5 Å². The maximum Gasteiger partial charge on any atom is 0.274 e. The normalized spacial score (nSPS) is 15.3. The number of carbonyl (C=O) groups is 1. The second-order valence-corrected chi connectivity index (χ2v) is 9.12. The molecule has 2 heterocycles. The van der Waals surface area contributed by atoms with Gasteiger partial charge in [0.25, 0.3) is 5.91 Å². The summed E-state index contributed by atoms with van der Waals surface area (Å²) in [6.45, 7) is 0.811. The molecule has 0 bridgehead atoms. The number of nitrogens with zero attached hydrogens (tertiary/aromatic N) is 4. The number of amides is 1. The van der Waals surface area contributed by atoms with Crippen LogP contribution < -0.4 is 0 Å². The van der Waals surface area contributed by atoms with Gasteiger partial charge in [-0.05, 0) is 42.5 Å². The van der Waals surface area contributed by atoms with Gasteiger partial charge in [-0.1, -0.05) is 23.7 Å². The zero-order valence-electron chi connectivity index (χ0n) is 15.8. The van der Waals surface area contributed by atoms with E-state index in [1.165, 1.54) is 51.6 Å². The Morgan fingerprint density at radius 2 is 1.63 bits per heavy atom. The number of aromatic nitrogens is 2. The standard InChI is InChI=1S/C20H18ClFN4O3S/c21-15-5-7-16(8-6-15)30(28,29)25-13-11-24(12-14-25)20(27)18-9-10-26(23-18)19-4-2-1-3-17(19)22/h1-10H,11-14H2. The van der Waals surface area contributed by atoms with Crippen LogP contribution in [-0.2, 0) is 10.0 Å². The van der Waals surface area contributed by atoms with Crippen LogP contribution in [0, 0.1) is 5.82 Å². The molecule has 1 amide bonds. The average molecular weight is 449 g/mol. The zero-order valence-corrected chi connectivity index (χ0v) is 17.4. The van der Waals surface area contributed by atoms with E-state index in [0.717, 1.165) is 0 Å². The van der Waals surface area contributed by atoms with Gasteiger partial charge in [0.05, 0.1) is 4.90 Å². The lowest BCUT2D eigenvalue weighted by Crippen LogP contribution is -2.50. The van der Waals surface area contributed by atoms with Crippen molar-refractivity contribution in [1.82, 2.24) is 19.0 Å². The van der Waals surface area contributed by atoms with Crippen LogP contribution >= 0.6 is 11.6 Å². The minimum atomic E-state index is -3.65. The van der Waals surface area contributed by atoms with Crippen LogP contribution in [0.3, 0.4) is 0 Å². The van der Waals surface area contributed by atoms with Crippen LogP contribution in [0.2, 0.25) is 5.02 Å². The first-order valence-electron chi connectivity index (χ1n) is 9.22. The van der Waals surface area contributed by atoms with Gasteiger partial charge < -0.3 is 4.90 Å². The van der Waals surface area contributed by atoms with Crippen LogP contribution in [0.4, 0.5) is 4.39 Å². The molecule has 0 aliphatic carbocycles. The van der Waals surface area contributed by atoms with Crippen molar-refractivity contribution in [2.24, 2.45) is 0 Å². The number of hydrogen-bond donors (Lipinski definition) is 0. The lowest BCUT2D eigenvalue weighted by molar-refractivity contribution is 0.0691. The molecule has 2 aromatic carbocycles. The maximum absolute atomic E-state index is 13.9. The van der Waals surface area contributed by atoms with E-state index in [9.17, 15) is 17.6 Å². The van der Waals surface area contributed by atoms with Crippen LogP contribution in [0.1, 0.15) is 10.5 Å². The molecule has 0 unspecified atom stereocenters. The molecule has 156 valence electrons. The largest absolute Gasteiger partial charge is 0.335 e. The summed E-state index contributed by atoms with van der Waals surface area (Å²) < 4.78 is 42.1. The highest BCUT2D eigenvalue weighted by atomic mass is 35.5. The van der Waals surface area contributed by atoms with Gasteiger partial charge >= 0.3 is 0 Å². The van der Waals surface area contributed by atoms with Crippen molar-refractivity contribution in [3.05, 3.63) is 77.3 Å². The minimum Gasteiger partial charge on any atom is -0.335 e. The summed E-state index contributed by atoms with van der Waals surface area (Å²) in [4.78, 5) is 14.5. The van der Waals surface area contributed by atoms with Gasteiger partial charge in [0.1, 0.15) is 11.5 Å². The third kappa shape index (κ3) is 3.96.